The number of rotatable bonds is 9. The van der Waals surface area contributed by atoms with Gasteiger partial charge in [-0.3, -0.25) is 9.59 Å². The molecule has 0 aliphatic heterocycles. The SMILES string of the molecule is COc1ccccc1NC(=O)COC(=O)COc1ccc(C=O)cc1OC. The average Bonchev–Trinajstić information content (AvgIpc) is 2.70. The number of nitrogens with one attached hydrogen (secondary N) is 1. The molecule has 142 valence electrons. The molecule has 0 fully saturated rings. The van der Waals surface area contributed by atoms with Crippen LogP contribution in [0.25, 0.3) is 0 Å². The van der Waals surface area contributed by atoms with Crippen LogP contribution in [-0.2, 0) is 14.3 Å². The van der Waals surface area contributed by atoms with Gasteiger partial charge in [0.05, 0.1) is 19.9 Å². The second-order valence-electron chi connectivity index (χ2n) is 5.23. The highest BCUT2D eigenvalue weighted by Crippen LogP contribution is 2.27. The summed E-state index contributed by atoms with van der Waals surface area (Å²) in [5, 5.41) is 2.59. The fourth-order valence-corrected chi connectivity index (χ4v) is 2.14. The Labute approximate surface area is 156 Å². The summed E-state index contributed by atoms with van der Waals surface area (Å²) >= 11 is 0. The smallest absolute Gasteiger partial charge is 0.344 e. The molecular formula is C19H19NO7. The van der Waals surface area contributed by atoms with Crippen LogP contribution < -0.4 is 19.5 Å². The molecule has 0 saturated heterocycles. The van der Waals surface area contributed by atoms with Gasteiger partial charge >= 0.3 is 5.97 Å². The third-order valence-electron chi connectivity index (χ3n) is 3.41. The highest BCUT2D eigenvalue weighted by molar-refractivity contribution is 5.94. The molecule has 2 rings (SSSR count). The third-order valence-corrected chi connectivity index (χ3v) is 3.41. The Bertz CT molecular complexity index is 819. The van der Waals surface area contributed by atoms with Gasteiger partial charge in [-0.2, -0.15) is 0 Å². The lowest BCUT2D eigenvalue weighted by Crippen LogP contribution is -2.23. The van der Waals surface area contributed by atoms with Gasteiger partial charge in [0.25, 0.3) is 5.91 Å². The van der Waals surface area contributed by atoms with Crippen LogP contribution in [0, 0.1) is 0 Å². The number of amides is 1. The van der Waals surface area contributed by atoms with Crippen molar-refractivity contribution < 1.29 is 33.3 Å². The Morgan fingerprint density at radius 3 is 2.41 bits per heavy atom. The van der Waals surface area contributed by atoms with Gasteiger partial charge in [-0.05, 0) is 30.3 Å². The van der Waals surface area contributed by atoms with Gasteiger partial charge in [0.15, 0.2) is 24.7 Å². The fourth-order valence-electron chi connectivity index (χ4n) is 2.14. The molecule has 1 amide bonds. The average molecular weight is 373 g/mol. The highest BCUT2D eigenvalue weighted by atomic mass is 16.6. The van der Waals surface area contributed by atoms with Crippen LogP contribution in [0.2, 0.25) is 0 Å². The topological polar surface area (TPSA) is 100 Å². The number of carbonyl (C=O) groups excluding carboxylic acids is 3. The first kappa shape index (κ1) is 19.8. The summed E-state index contributed by atoms with van der Waals surface area (Å²) in [7, 11) is 2.90. The quantitative estimate of drug-likeness (QED) is 0.530. The number of methoxy groups -OCH3 is 2. The maximum atomic E-state index is 11.9. The normalized spacial score (nSPS) is 9.85. The second-order valence-corrected chi connectivity index (χ2v) is 5.23. The molecule has 0 bridgehead atoms. The van der Waals surface area contributed by atoms with E-state index in [4.69, 9.17) is 18.9 Å². The predicted molar refractivity (Wildman–Crippen MR) is 96.5 cm³/mol. The monoisotopic (exact) mass is 373 g/mol. The maximum Gasteiger partial charge on any atom is 0.344 e. The van der Waals surface area contributed by atoms with E-state index >= 15 is 0 Å². The van der Waals surface area contributed by atoms with E-state index in [-0.39, 0.29) is 5.75 Å². The molecule has 8 nitrogen and oxygen atoms in total. The lowest BCUT2D eigenvalue weighted by atomic mass is 10.2. The van der Waals surface area contributed by atoms with Crippen molar-refractivity contribution in [3.05, 3.63) is 48.0 Å². The van der Waals surface area contributed by atoms with Gasteiger partial charge < -0.3 is 24.3 Å². The lowest BCUT2D eigenvalue weighted by molar-refractivity contribution is -0.149. The van der Waals surface area contributed by atoms with Gasteiger partial charge in [0.2, 0.25) is 0 Å². The summed E-state index contributed by atoms with van der Waals surface area (Å²) in [4.78, 5) is 34.4. The van der Waals surface area contributed by atoms with E-state index in [1.807, 2.05) is 0 Å². The number of anilines is 1. The first-order valence-electron chi connectivity index (χ1n) is 7.92. The Balaban J connectivity index is 1.82. The van der Waals surface area contributed by atoms with Gasteiger partial charge in [0.1, 0.15) is 12.0 Å². The Kier molecular flexibility index (Phi) is 7.18. The molecule has 1 N–H and O–H groups in total. The molecule has 2 aromatic carbocycles. The van der Waals surface area contributed by atoms with Crippen molar-refractivity contribution in [3.63, 3.8) is 0 Å². The van der Waals surface area contributed by atoms with Crippen LogP contribution in [0.5, 0.6) is 17.2 Å². The van der Waals surface area contributed by atoms with Crippen LogP contribution in [0.1, 0.15) is 10.4 Å². The van der Waals surface area contributed by atoms with Gasteiger partial charge in [0, 0.05) is 5.56 Å². The van der Waals surface area contributed by atoms with Crippen molar-refractivity contribution in [2.24, 2.45) is 0 Å². The summed E-state index contributed by atoms with van der Waals surface area (Å²) < 4.78 is 20.4. The molecule has 0 aromatic heterocycles. The molecule has 0 saturated carbocycles. The molecule has 0 spiro atoms. The molecule has 2 aromatic rings. The van der Waals surface area contributed by atoms with Crippen molar-refractivity contribution in [2.45, 2.75) is 0 Å². The van der Waals surface area contributed by atoms with E-state index in [1.54, 1.807) is 24.3 Å². The van der Waals surface area contributed by atoms with Crippen LogP contribution in [-0.4, -0.2) is 45.6 Å². The van der Waals surface area contributed by atoms with Crippen LogP contribution in [0.4, 0.5) is 5.69 Å². The van der Waals surface area contributed by atoms with E-state index < -0.39 is 25.1 Å². The van der Waals surface area contributed by atoms with Crippen LogP contribution in [0.3, 0.4) is 0 Å². The Morgan fingerprint density at radius 1 is 0.963 bits per heavy atom. The van der Waals surface area contributed by atoms with Crippen molar-refractivity contribution in [2.75, 3.05) is 32.8 Å². The molecule has 27 heavy (non-hydrogen) atoms. The summed E-state index contributed by atoms with van der Waals surface area (Å²) in [6, 6.07) is 11.4. The number of hydrogen-bond donors (Lipinski definition) is 1. The van der Waals surface area contributed by atoms with Crippen LogP contribution >= 0.6 is 0 Å². The number of hydrogen-bond acceptors (Lipinski definition) is 7. The third kappa shape index (κ3) is 5.74. The Hall–Kier alpha value is -3.55. The fraction of sp³-hybridized carbons (Fsp3) is 0.211. The molecule has 0 radical (unpaired) electrons. The highest BCUT2D eigenvalue weighted by Gasteiger charge is 2.12. The zero-order valence-electron chi connectivity index (χ0n) is 14.9. The number of para-hydroxylation sites is 2. The van der Waals surface area contributed by atoms with E-state index in [0.717, 1.165) is 0 Å². The van der Waals surface area contributed by atoms with E-state index in [1.165, 1.54) is 32.4 Å². The number of ether oxygens (including phenoxy) is 4. The number of carbonyl (C=O) groups is 3. The molecule has 0 aliphatic carbocycles. The minimum atomic E-state index is -0.730. The minimum absolute atomic E-state index is 0.276. The first-order chi connectivity index (χ1) is 13.1. The Morgan fingerprint density at radius 2 is 1.70 bits per heavy atom. The summed E-state index contributed by atoms with van der Waals surface area (Å²) in [5.41, 5.74) is 0.882. The van der Waals surface area contributed by atoms with Crippen molar-refractivity contribution in [3.8, 4) is 17.2 Å². The van der Waals surface area contributed by atoms with Gasteiger partial charge in [-0.15, -0.1) is 0 Å². The number of aldehydes is 1. The molecule has 0 aliphatic rings. The number of benzene rings is 2. The zero-order valence-corrected chi connectivity index (χ0v) is 14.9. The summed E-state index contributed by atoms with van der Waals surface area (Å²) in [5.74, 6) is -0.168. The predicted octanol–water partition coefficient (Wildman–Crippen LogP) is 2.08. The van der Waals surface area contributed by atoms with Crippen molar-refractivity contribution >= 4 is 23.9 Å². The minimum Gasteiger partial charge on any atom is -0.495 e. The molecule has 0 atom stereocenters. The largest absolute Gasteiger partial charge is 0.495 e. The molecule has 0 heterocycles. The molecule has 8 heteroatoms. The van der Waals surface area contributed by atoms with Gasteiger partial charge in [-0.25, -0.2) is 4.79 Å². The first-order valence-corrected chi connectivity index (χ1v) is 7.92. The van der Waals surface area contributed by atoms with Gasteiger partial charge in [-0.1, -0.05) is 12.1 Å². The zero-order chi connectivity index (χ0) is 19.6. The van der Waals surface area contributed by atoms with E-state index in [9.17, 15) is 14.4 Å². The van der Waals surface area contributed by atoms with Crippen molar-refractivity contribution in [1.82, 2.24) is 0 Å². The molecule has 0 unspecified atom stereocenters. The van der Waals surface area contributed by atoms with E-state index in [0.29, 0.717) is 29.0 Å². The number of esters is 1. The van der Waals surface area contributed by atoms with Crippen molar-refractivity contribution in [1.29, 1.82) is 0 Å². The lowest BCUT2D eigenvalue weighted by Gasteiger charge is -2.11. The van der Waals surface area contributed by atoms with Crippen LogP contribution in [0.15, 0.2) is 42.5 Å². The summed E-state index contributed by atoms with van der Waals surface area (Å²) in [6.45, 7) is -0.889. The van der Waals surface area contributed by atoms with E-state index in [2.05, 4.69) is 5.32 Å². The second kappa shape index (κ2) is 9.81. The molecular weight excluding hydrogens is 354 g/mol. The summed E-state index contributed by atoms with van der Waals surface area (Å²) in [6.07, 6.45) is 0.668. The standard InChI is InChI=1S/C19H19NO7/c1-24-15-6-4-3-5-14(15)20-18(22)11-27-19(23)12-26-16-8-7-13(10-21)9-17(16)25-2/h3-10H,11-12H2,1-2H3,(H,20,22). The maximum absolute atomic E-state index is 11.9.